The molecule has 0 aliphatic carbocycles. The lowest BCUT2D eigenvalue weighted by molar-refractivity contribution is 0.0431. The molecule has 8 heteroatoms. The number of nitrogens with zero attached hydrogens (tertiary/aromatic N) is 2. The quantitative estimate of drug-likeness (QED) is 0.587. The first-order valence-electron chi connectivity index (χ1n) is 6.21. The number of hydrogen-bond acceptors (Lipinski definition) is 7. The summed E-state index contributed by atoms with van der Waals surface area (Å²) in [6.07, 6.45) is 0. The number of rotatable bonds is 4. The Labute approximate surface area is 128 Å². The summed E-state index contributed by atoms with van der Waals surface area (Å²) in [5.41, 5.74) is 6.49. The van der Waals surface area contributed by atoms with Crippen LogP contribution in [0.1, 0.15) is 16.2 Å². The van der Waals surface area contributed by atoms with Crippen LogP contribution in [-0.2, 0) is 11.3 Å². The van der Waals surface area contributed by atoms with Crippen LogP contribution in [0.5, 0.6) is 0 Å². The number of nitrogens with two attached hydrogens (primary N) is 1. The van der Waals surface area contributed by atoms with Gasteiger partial charge in [0.2, 0.25) is 5.82 Å². The molecule has 0 saturated carbocycles. The van der Waals surface area contributed by atoms with Gasteiger partial charge in [-0.1, -0.05) is 5.16 Å². The highest BCUT2D eigenvalue weighted by molar-refractivity contribution is 7.08. The molecule has 2 aromatic heterocycles. The first kappa shape index (κ1) is 14.2. The highest BCUT2D eigenvalue weighted by atomic mass is 32.1. The van der Waals surface area contributed by atoms with Crippen molar-refractivity contribution in [3.63, 3.8) is 0 Å². The van der Waals surface area contributed by atoms with Gasteiger partial charge in [-0.2, -0.15) is 16.3 Å². The average molecular weight is 319 g/mol. The molecule has 6 nitrogen and oxygen atoms in total. The van der Waals surface area contributed by atoms with Crippen LogP contribution in [0.15, 0.2) is 39.5 Å². The normalized spacial score (nSPS) is 10.6. The first-order chi connectivity index (χ1) is 10.6. The predicted molar refractivity (Wildman–Crippen MR) is 77.5 cm³/mol. The van der Waals surface area contributed by atoms with Crippen LogP contribution in [0.25, 0.3) is 11.4 Å². The summed E-state index contributed by atoms with van der Waals surface area (Å²) in [6, 6.07) is 5.30. The van der Waals surface area contributed by atoms with Gasteiger partial charge in [-0.25, -0.2) is 9.18 Å². The Bertz CT molecular complexity index is 802. The summed E-state index contributed by atoms with van der Waals surface area (Å²) in [5, 5.41) is 7.56. The second-order valence-electron chi connectivity index (χ2n) is 4.33. The van der Waals surface area contributed by atoms with Gasteiger partial charge in [0, 0.05) is 16.6 Å². The molecule has 112 valence electrons. The molecule has 1 aromatic carbocycles. The van der Waals surface area contributed by atoms with E-state index in [0.29, 0.717) is 5.82 Å². The Kier molecular flexibility index (Phi) is 3.84. The molecular formula is C14H10FN3O3S. The molecule has 0 saturated heterocycles. The fourth-order valence-corrected chi connectivity index (χ4v) is 2.38. The van der Waals surface area contributed by atoms with Gasteiger partial charge in [0.25, 0.3) is 5.89 Å². The van der Waals surface area contributed by atoms with Gasteiger partial charge in [-0.05, 0) is 29.6 Å². The third-order valence-corrected chi connectivity index (χ3v) is 3.49. The van der Waals surface area contributed by atoms with Gasteiger partial charge in [-0.3, -0.25) is 0 Å². The number of benzene rings is 1. The van der Waals surface area contributed by atoms with E-state index in [1.54, 1.807) is 0 Å². The van der Waals surface area contributed by atoms with E-state index in [2.05, 4.69) is 10.1 Å². The highest BCUT2D eigenvalue weighted by Crippen LogP contribution is 2.19. The maximum Gasteiger partial charge on any atom is 0.340 e. The lowest BCUT2D eigenvalue weighted by Gasteiger charge is -2.04. The molecule has 2 N–H and O–H groups in total. The molecular weight excluding hydrogens is 309 g/mol. The minimum Gasteiger partial charge on any atom is -0.452 e. The van der Waals surface area contributed by atoms with Crippen LogP contribution < -0.4 is 5.73 Å². The summed E-state index contributed by atoms with van der Waals surface area (Å²) in [5.74, 6) is -0.622. The van der Waals surface area contributed by atoms with Crippen molar-refractivity contribution in [2.24, 2.45) is 0 Å². The van der Waals surface area contributed by atoms with E-state index in [-0.39, 0.29) is 23.7 Å². The SMILES string of the molecule is Nc1cc(F)ccc1C(=O)OCc1nc(-c2ccsc2)no1. The summed E-state index contributed by atoms with van der Waals surface area (Å²) >= 11 is 1.51. The van der Waals surface area contributed by atoms with Crippen molar-refractivity contribution in [3.05, 3.63) is 52.3 Å². The van der Waals surface area contributed by atoms with Crippen molar-refractivity contribution in [2.45, 2.75) is 6.61 Å². The third kappa shape index (κ3) is 2.96. The second kappa shape index (κ2) is 5.94. The number of hydrogen-bond donors (Lipinski definition) is 1. The minimum absolute atomic E-state index is 0.00879. The van der Waals surface area contributed by atoms with Gasteiger partial charge in [-0.15, -0.1) is 0 Å². The maximum atomic E-state index is 12.9. The van der Waals surface area contributed by atoms with Crippen LogP contribution >= 0.6 is 11.3 Å². The summed E-state index contributed by atoms with van der Waals surface area (Å²) in [6.45, 7) is -0.188. The number of carbonyl (C=O) groups is 1. The molecule has 0 fully saturated rings. The maximum absolute atomic E-state index is 12.9. The number of esters is 1. The standard InChI is InChI=1S/C14H10FN3O3S/c15-9-1-2-10(11(16)5-9)14(19)20-6-12-17-13(18-21-12)8-3-4-22-7-8/h1-5,7H,6,16H2. The van der Waals surface area contributed by atoms with E-state index >= 15 is 0 Å². The smallest absolute Gasteiger partial charge is 0.340 e. The summed E-state index contributed by atoms with van der Waals surface area (Å²) < 4.78 is 23.0. The lowest BCUT2D eigenvalue weighted by Crippen LogP contribution is -2.08. The van der Waals surface area contributed by atoms with Gasteiger partial charge in [0.1, 0.15) is 5.82 Å². The highest BCUT2D eigenvalue weighted by Gasteiger charge is 2.15. The third-order valence-electron chi connectivity index (χ3n) is 2.81. The summed E-state index contributed by atoms with van der Waals surface area (Å²) in [7, 11) is 0. The number of carbonyl (C=O) groups excluding carboxylic acids is 1. The molecule has 0 unspecified atom stereocenters. The monoisotopic (exact) mass is 319 g/mol. The fraction of sp³-hybridized carbons (Fsp3) is 0.0714. The van der Waals surface area contributed by atoms with Crippen molar-refractivity contribution in [1.82, 2.24) is 10.1 Å². The average Bonchev–Trinajstić information content (AvgIpc) is 3.16. The number of halogens is 1. The molecule has 3 rings (SSSR count). The summed E-state index contributed by atoms with van der Waals surface area (Å²) in [4.78, 5) is 16.0. The van der Waals surface area contributed by atoms with E-state index in [9.17, 15) is 9.18 Å². The van der Waals surface area contributed by atoms with Crippen LogP contribution in [-0.4, -0.2) is 16.1 Å². The Hall–Kier alpha value is -2.74. The number of aromatic nitrogens is 2. The number of nitrogen functional groups attached to an aromatic ring is 1. The number of ether oxygens (including phenoxy) is 1. The molecule has 0 amide bonds. The second-order valence-corrected chi connectivity index (χ2v) is 5.11. The minimum atomic E-state index is -0.687. The number of thiophene rings is 1. The zero-order chi connectivity index (χ0) is 15.5. The first-order valence-corrected chi connectivity index (χ1v) is 7.15. The van der Waals surface area contributed by atoms with E-state index in [1.165, 1.54) is 17.4 Å². The van der Waals surface area contributed by atoms with E-state index in [4.69, 9.17) is 15.0 Å². The van der Waals surface area contributed by atoms with Gasteiger partial charge >= 0.3 is 5.97 Å². The van der Waals surface area contributed by atoms with Crippen LogP contribution in [0, 0.1) is 5.82 Å². The zero-order valence-electron chi connectivity index (χ0n) is 11.2. The van der Waals surface area contributed by atoms with Crippen molar-refractivity contribution in [3.8, 4) is 11.4 Å². The number of anilines is 1. The molecule has 0 radical (unpaired) electrons. The molecule has 2 heterocycles. The largest absolute Gasteiger partial charge is 0.452 e. The Balaban J connectivity index is 1.66. The topological polar surface area (TPSA) is 91.2 Å². The molecule has 0 spiro atoms. The molecule has 0 aliphatic rings. The zero-order valence-corrected chi connectivity index (χ0v) is 12.0. The Morgan fingerprint density at radius 1 is 1.41 bits per heavy atom. The molecule has 3 aromatic rings. The Morgan fingerprint density at radius 2 is 2.27 bits per heavy atom. The molecule has 0 bridgehead atoms. The van der Waals surface area contributed by atoms with Gasteiger partial charge in [0.15, 0.2) is 6.61 Å². The van der Waals surface area contributed by atoms with E-state index in [0.717, 1.165) is 17.7 Å². The lowest BCUT2D eigenvalue weighted by atomic mass is 10.2. The van der Waals surface area contributed by atoms with Crippen LogP contribution in [0.3, 0.4) is 0 Å². The molecule has 0 aliphatic heterocycles. The predicted octanol–water partition coefficient (Wildman–Crippen LogP) is 2.88. The van der Waals surface area contributed by atoms with Gasteiger partial charge < -0.3 is 15.0 Å². The van der Waals surface area contributed by atoms with Crippen LogP contribution in [0.2, 0.25) is 0 Å². The van der Waals surface area contributed by atoms with Crippen molar-refractivity contribution < 1.29 is 18.4 Å². The Morgan fingerprint density at radius 3 is 3.00 bits per heavy atom. The van der Waals surface area contributed by atoms with Crippen molar-refractivity contribution in [1.29, 1.82) is 0 Å². The van der Waals surface area contributed by atoms with Crippen molar-refractivity contribution >= 4 is 23.0 Å². The van der Waals surface area contributed by atoms with E-state index < -0.39 is 11.8 Å². The molecule has 0 atom stereocenters. The van der Waals surface area contributed by atoms with Crippen LogP contribution in [0.4, 0.5) is 10.1 Å². The van der Waals surface area contributed by atoms with E-state index in [1.807, 2.05) is 16.8 Å². The van der Waals surface area contributed by atoms with Gasteiger partial charge in [0.05, 0.1) is 5.56 Å². The molecule has 22 heavy (non-hydrogen) atoms. The fourth-order valence-electron chi connectivity index (χ4n) is 1.75. The van der Waals surface area contributed by atoms with Crippen molar-refractivity contribution in [2.75, 3.05) is 5.73 Å².